The van der Waals surface area contributed by atoms with E-state index >= 15 is 0 Å². The van der Waals surface area contributed by atoms with E-state index in [1.807, 2.05) is 30.3 Å². The standard InChI is InChI=1S/C22H25FN2O3/c23-17-6-8-18(9-7-17)24-10-12-25(13-11-24)19-15-27-22(21-20(19)28-21)26-14-16-4-2-1-3-5-16/h1-9,19-22H,10-15H2/t19-,20+,21+,22-/m0/s1. The van der Waals surface area contributed by atoms with Crippen molar-refractivity contribution >= 4 is 5.69 Å². The maximum atomic E-state index is 13.1. The molecule has 5 rings (SSSR count). The van der Waals surface area contributed by atoms with Gasteiger partial charge in [-0.1, -0.05) is 30.3 Å². The number of hydrogen-bond donors (Lipinski definition) is 0. The molecule has 3 fully saturated rings. The van der Waals surface area contributed by atoms with Crippen LogP contribution >= 0.6 is 0 Å². The minimum atomic E-state index is -0.276. The molecule has 0 N–H and O–H groups in total. The monoisotopic (exact) mass is 384 g/mol. The first-order valence-electron chi connectivity index (χ1n) is 9.95. The van der Waals surface area contributed by atoms with Gasteiger partial charge in [0, 0.05) is 31.9 Å². The fraction of sp³-hybridized carbons (Fsp3) is 0.455. The number of ether oxygens (including phenoxy) is 3. The van der Waals surface area contributed by atoms with Crippen LogP contribution < -0.4 is 4.90 Å². The molecule has 0 unspecified atom stereocenters. The van der Waals surface area contributed by atoms with E-state index in [4.69, 9.17) is 14.2 Å². The maximum Gasteiger partial charge on any atom is 0.186 e. The molecule has 3 saturated heterocycles. The molecule has 4 atom stereocenters. The fourth-order valence-corrected chi connectivity index (χ4v) is 4.22. The van der Waals surface area contributed by atoms with Gasteiger partial charge in [0.25, 0.3) is 0 Å². The molecule has 148 valence electrons. The second-order valence-corrected chi connectivity index (χ2v) is 7.63. The molecule has 0 amide bonds. The van der Waals surface area contributed by atoms with E-state index in [0.717, 1.165) is 37.4 Å². The Kier molecular flexibility index (Phi) is 5.03. The largest absolute Gasteiger partial charge is 0.369 e. The summed E-state index contributed by atoms with van der Waals surface area (Å²) in [5.41, 5.74) is 2.22. The Morgan fingerprint density at radius 3 is 2.43 bits per heavy atom. The van der Waals surface area contributed by atoms with Crippen LogP contribution in [0.15, 0.2) is 54.6 Å². The molecule has 2 aromatic rings. The van der Waals surface area contributed by atoms with Gasteiger partial charge >= 0.3 is 0 Å². The number of epoxide rings is 1. The van der Waals surface area contributed by atoms with Crippen molar-refractivity contribution < 1.29 is 18.6 Å². The molecule has 0 aromatic heterocycles. The van der Waals surface area contributed by atoms with E-state index in [1.54, 1.807) is 0 Å². The lowest BCUT2D eigenvalue weighted by Crippen LogP contribution is -2.56. The molecule has 5 nitrogen and oxygen atoms in total. The van der Waals surface area contributed by atoms with E-state index in [2.05, 4.69) is 21.9 Å². The Bertz CT molecular complexity index is 780. The van der Waals surface area contributed by atoms with Gasteiger partial charge in [0.1, 0.15) is 18.0 Å². The average molecular weight is 384 g/mol. The van der Waals surface area contributed by atoms with E-state index in [1.165, 1.54) is 12.1 Å². The minimum absolute atomic E-state index is 0.0394. The Labute approximate surface area is 164 Å². The molecular weight excluding hydrogens is 359 g/mol. The van der Waals surface area contributed by atoms with Crippen molar-refractivity contribution in [3.63, 3.8) is 0 Å². The van der Waals surface area contributed by atoms with Crippen LogP contribution in [0.2, 0.25) is 0 Å². The van der Waals surface area contributed by atoms with Crippen LogP contribution in [0.4, 0.5) is 10.1 Å². The molecule has 2 aromatic carbocycles. The molecule has 0 spiro atoms. The Morgan fingerprint density at radius 2 is 1.68 bits per heavy atom. The van der Waals surface area contributed by atoms with Crippen LogP contribution in [0.5, 0.6) is 0 Å². The van der Waals surface area contributed by atoms with Crippen molar-refractivity contribution in [1.82, 2.24) is 4.90 Å². The number of anilines is 1. The van der Waals surface area contributed by atoms with E-state index in [-0.39, 0.29) is 30.4 Å². The van der Waals surface area contributed by atoms with Crippen molar-refractivity contribution in [2.45, 2.75) is 31.1 Å². The first-order chi connectivity index (χ1) is 13.8. The van der Waals surface area contributed by atoms with Gasteiger partial charge in [0.05, 0.1) is 19.3 Å². The molecule has 0 aliphatic carbocycles. The van der Waals surface area contributed by atoms with Crippen LogP contribution in [-0.2, 0) is 20.8 Å². The zero-order valence-electron chi connectivity index (χ0n) is 15.7. The summed E-state index contributed by atoms with van der Waals surface area (Å²) in [6.07, 6.45) is -0.0357. The number of piperazine rings is 1. The number of rotatable bonds is 5. The summed E-state index contributed by atoms with van der Waals surface area (Å²) in [7, 11) is 0. The topological polar surface area (TPSA) is 37.5 Å². The highest BCUT2D eigenvalue weighted by Gasteiger charge is 2.56. The van der Waals surface area contributed by atoms with Crippen LogP contribution in [0, 0.1) is 5.82 Å². The second kappa shape index (κ2) is 7.79. The van der Waals surface area contributed by atoms with Gasteiger partial charge in [0.2, 0.25) is 0 Å². The first-order valence-corrected chi connectivity index (χ1v) is 9.95. The summed E-state index contributed by atoms with van der Waals surface area (Å²) in [4.78, 5) is 4.76. The lowest BCUT2D eigenvalue weighted by molar-refractivity contribution is -0.176. The van der Waals surface area contributed by atoms with Crippen molar-refractivity contribution in [3.8, 4) is 0 Å². The Balaban J connectivity index is 1.11. The predicted octanol–water partition coefficient (Wildman–Crippen LogP) is 2.66. The highest BCUT2D eigenvalue weighted by molar-refractivity contribution is 5.46. The van der Waals surface area contributed by atoms with Crippen molar-refractivity contribution in [3.05, 3.63) is 66.0 Å². The predicted molar refractivity (Wildman–Crippen MR) is 104 cm³/mol. The zero-order chi connectivity index (χ0) is 18.9. The van der Waals surface area contributed by atoms with Crippen LogP contribution in [0.1, 0.15) is 5.56 Å². The van der Waals surface area contributed by atoms with Gasteiger partial charge in [-0.25, -0.2) is 4.39 Å². The molecule has 3 aliphatic rings. The summed E-state index contributed by atoms with van der Waals surface area (Å²) in [6, 6.07) is 17.2. The van der Waals surface area contributed by atoms with E-state index in [0.29, 0.717) is 13.2 Å². The summed E-state index contributed by atoms with van der Waals surface area (Å²) in [5, 5.41) is 0. The molecule has 0 radical (unpaired) electrons. The Morgan fingerprint density at radius 1 is 0.929 bits per heavy atom. The van der Waals surface area contributed by atoms with Crippen LogP contribution in [0.25, 0.3) is 0 Å². The third-order valence-electron chi connectivity index (χ3n) is 5.87. The number of fused-ring (bicyclic) bond motifs is 1. The van der Waals surface area contributed by atoms with Gasteiger partial charge in [-0.15, -0.1) is 0 Å². The second-order valence-electron chi connectivity index (χ2n) is 7.63. The average Bonchev–Trinajstić information content (AvgIpc) is 3.55. The molecule has 3 heterocycles. The molecule has 0 bridgehead atoms. The normalized spacial score (nSPS) is 30.1. The highest BCUT2D eigenvalue weighted by Crippen LogP contribution is 2.38. The molecule has 0 saturated carbocycles. The molecular formula is C22H25FN2O3. The van der Waals surface area contributed by atoms with Gasteiger partial charge in [-0.05, 0) is 29.8 Å². The van der Waals surface area contributed by atoms with Crippen LogP contribution in [0.3, 0.4) is 0 Å². The van der Waals surface area contributed by atoms with Crippen molar-refractivity contribution in [2.24, 2.45) is 0 Å². The summed E-state index contributed by atoms with van der Waals surface area (Å²) in [5.74, 6) is -0.192. The van der Waals surface area contributed by atoms with E-state index in [9.17, 15) is 4.39 Å². The lowest BCUT2D eigenvalue weighted by atomic mass is 10.1. The van der Waals surface area contributed by atoms with E-state index < -0.39 is 0 Å². The quantitative estimate of drug-likeness (QED) is 0.741. The number of halogens is 1. The summed E-state index contributed by atoms with van der Waals surface area (Å²) >= 11 is 0. The number of hydrogen-bond acceptors (Lipinski definition) is 5. The number of benzene rings is 2. The summed E-state index contributed by atoms with van der Waals surface area (Å²) in [6.45, 7) is 4.93. The van der Waals surface area contributed by atoms with Crippen molar-refractivity contribution in [2.75, 3.05) is 37.7 Å². The lowest BCUT2D eigenvalue weighted by Gasteiger charge is -2.41. The first kappa shape index (κ1) is 18.1. The summed E-state index contributed by atoms with van der Waals surface area (Å²) < 4.78 is 31.0. The maximum absolute atomic E-state index is 13.1. The minimum Gasteiger partial charge on any atom is -0.369 e. The van der Waals surface area contributed by atoms with Gasteiger partial charge in [-0.3, -0.25) is 4.90 Å². The molecule has 28 heavy (non-hydrogen) atoms. The number of nitrogens with zero attached hydrogens (tertiary/aromatic N) is 2. The Hall–Kier alpha value is -1.99. The molecule has 6 heteroatoms. The zero-order valence-corrected chi connectivity index (χ0v) is 15.7. The molecule has 3 aliphatic heterocycles. The SMILES string of the molecule is Fc1ccc(N2CCN([C@H]3CO[C@H](OCc4ccccc4)[C@@H]4O[C@@H]43)CC2)cc1. The van der Waals surface area contributed by atoms with Gasteiger partial charge in [-0.2, -0.15) is 0 Å². The third kappa shape index (κ3) is 3.78. The fourth-order valence-electron chi connectivity index (χ4n) is 4.22. The van der Waals surface area contributed by atoms with Gasteiger partial charge < -0.3 is 19.1 Å². The van der Waals surface area contributed by atoms with Crippen LogP contribution in [-0.4, -0.2) is 62.2 Å². The highest BCUT2D eigenvalue weighted by atomic mass is 19.1. The smallest absolute Gasteiger partial charge is 0.186 e. The van der Waals surface area contributed by atoms with Gasteiger partial charge in [0.15, 0.2) is 6.29 Å². The van der Waals surface area contributed by atoms with Crippen molar-refractivity contribution in [1.29, 1.82) is 0 Å². The third-order valence-corrected chi connectivity index (χ3v) is 5.87.